The Labute approximate surface area is 143 Å². The first-order valence-electron chi connectivity index (χ1n) is 8.53. The van der Waals surface area contributed by atoms with Crippen molar-refractivity contribution in [3.8, 4) is 5.75 Å². The van der Waals surface area contributed by atoms with Gasteiger partial charge in [0, 0.05) is 11.8 Å². The van der Waals surface area contributed by atoms with Crippen LogP contribution in [0.4, 0.5) is 5.69 Å². The van der Waals surface area contributed by atoms with E-state index < -0.39 is 0 Å². The summed E-state index contributed by atoms with van der Waals surface area (Å²) in [5, 5.41) is 5.90. The smallest absolute Gasteiger partial charge is 0.239 e. The normalized spacial score (nSPS) is 10.4. The maximum atomic E-state index is 11.8. The van der Waals surface area contributed by atoms with Gasteiger partial charge in [-0.05, 0) is 30.7 Å². The van der Waals surface area contributed by atoms with E-state index in [-0.39, 0.29) is 12.5 Å². The van der Waals surface area contributed by atoms with Crippen molar-refractivity contribution in [2.75, 3.05) is 18.5 Å². The van der Waals surface area contributed by atoms with E-state index in [1.54, 1.807) is 12.3 Å². The topological polar surface area (TPSA) is 63.5 Å². The zero-order chi connectivity index (χ0) is 17.0. The fourth-order valence-electron chi connectivity index (χ4n) is 2.26. The zero-order valence-corrected chi connectivity index (χ0v) is 14.2. The standard InChI is InChI=1S/C19H26N2O3/c1-2-3-4-5-11-23-17-9-6-8-16(13-17)20-15-19(22)21-14-18-10-7-12-24-18/h6-10,12-13,20H,2-5,11,14-15H2,1H3,(H,21,22). The summed E-state index contributed by atoms with van der Waals surface area (Å²) in [5.41, 5.74) is 0.870. The number of furan rings is 1. The summed E-state index contributed by atoms with van der Waals surface area (Å²) in [6, 6.07) is 11.3. The quantitative estimate of drug-likeness (QED) is 0.612. The van der Waals surface area contributed by atoms with Gasteiger partial charge in [-0.15, -0.1) is 0 Å². The Morgan fingerprint density at radius 1 is 1.17 bits per heavy atom. The molecule has 0 fully saturated rings. The Kier molecular flexibility index (Phi) is 7.74. The number of unbranched alkanes of at least 4 members (excludes halogenated alkanes) is 3. The van der Waals surface area contributed by atoms with Crippen molar-refractivity contribution in [1.82, 2.24) is 5.32 Å². The highest BCUT2D eigenvalue weighted by atomic mass is 16.5. The van der Waals surface area contributed by atoms with Crippen LogP contribution in [0.5, 0.6) is 5.75 Å². The van der Waals surface area contributed by atoms with Crippen molar-refractivity contribution in [1.29, 1.82) is 0 Å². The molecule has 1 amide bonds. The van der Waals surface area contributed by atoms with Crippen molar-refractivity contribution in [3.05, 3.63) is 48.4 Å². The fraction of sp³-hybridized carbons (Fsp3) is 0.421. The summed E-state index contributed by atoms with van der Waals surface area (Å²) in [6.07, 6.45) is 6.33. The largest absolute Gasteiger partial charge is 0.494 e. The van der Waals surface area contributed by atoms with Crippen LogP contribution in [0.1, 0.15) is 38.4 Å². The van der Waals surface area contributed by atoms with Gasteiger partial charge < -0.3 is 19.8 Å². The molecule has 1 heterocycles. The van der Waals surface area contributed by atoms with Gasteiger partial charge in [0.15, 0.2) is 0 Å². The Morgan fingerprint density at radius 3 is 2.88 bits per heavy atom. The molecule has 24 heavy (non-hydrogen) atoms. The molecule has 0 saturated carbocycles. The second-order valence-corrected chi connectivity index (χ2v) is 5.65. The average molecular weight is 330 g/mol. The van der Waals surface area contributed by atoms with Gasteiger partial charge in [0.2, 0.25) is 5.91 Å². The van der Waals surface area contributed by atoms with E-state index in [1.807, 2.05) is 30.3 Å². The van der Waals surface area contributed by atoms with Crippen LogP contribution < -0.4 is 15.4 Å². The molecule has 2 aromatic rings. The van der Waals surface area contributed by atoms with Crippen molar-refractivity contribution >= 4 is 11.6 Å². The van der Waals surface area contributed by atoms with Crippen LogP contribution in [0.2, 0.25) is 0 Å². The predicted octanol–water partition coefficient (Wildman–Crippen LogP) is 3.97. The Balaban J connectivity index is 1.68. The van der Waals surface area contributed by atoms with Crippen molar-refractivity contribution in [2.24, 2.45) is 0 Å². The molecule has 0 radical (unpaired) electrons. The molecule has 5 heteroatoms. The summed E-state index contributed by atoms with van der Waals surface area (Å²) in [4.78, 5) is 11.8. The molecule has 5 nitrogen and oxygen atoms in total. The number of anilines is 1. The molecule has 0 atom stereocenters. The van der Waals surface area contributed by atoms with Gasteiger partial charge in [-0.1, -0.05) is 32.3 Å². The third-order valence-electron chi connectivity index (χ3n) is 3.59. The zero-order valence-electron chi connectivity index (χ0n) is 14.2. The van der Waals surface area contributed by atoms with Gasteiger partial charge in [0.25, 0.3) is 0 Å². The SMILES string of the molecule is CCCCCCOc1cccc(NCC(=O)NCc2ccco2)c1. The minimum Gasteiger partial charge on any atom is -0.494 e. The first-order chi connectivity index (χ1) is 11.8. The Hall–Kier alpha value is -2.43. The third kappa shape index (κ3) is 6.77. The average Bonchev–Trinajstić information content (AvgIpc) is 3.12. The summed E-state index contributed by atoms with van der Waals surface area (Å²) in [7, 11) is 0. The van der Waals surface area contributed by atoms with Gasteiger partial charge in [0.05, 0.1) is 26.0 Å². The Bertz CT molecular complexity index is 596. The van der Waals surface area contributed by atoms with Crippen LogP contribution >= 0.6 is 0 Å². The number of hydrogen-bond donors (Lipinski definition) is 2. The maximum absolute atomic E-state index is 11.8. The van der Waals surface area contributed by atoms with E-state index in [0.717, 1.165) is 30.2 Å². The molecule has 0 aliphatic rings. The lowest BCUT2D eigenvalue weighted by Gasteiger charge is -2.10. The van der Waals surface area contributed by atoms with E-state index in [2.05, 4.69) is 17.6 Å². The second kappa shape index (κ2) is 10.4. The van der Waals surface area contributed by atoms with Gasteiger partial charge in [0.1, 0.15) is 11.5 Å². The number of nitrogens with one attached hydrogen (secondary N) is 2. The molecule has 0 saturated heterocycles. The van der Waals surface area contributed by atoms with E-state index >= 15 is 0 Å². The van der Waals surface area contributed by atoms with Gasteiger partial charge in [-0.25, -0.2) is 0 Å². The number of rotatable bonds is 11. The first-order valence-corrected chi connectivity index (χ1v) is 8.53. The van der Waals surface area contributed by atoms with Crippen LogP contribution in [-0.2, 0) is 11.3 Å². The van der Waals surface area contributed by atoms with Gasteiger partial charge >= 0.3 is 0 Å². The molecule has 0 aliphatic heterocycles. The molecule has 0 unspecified atom stereocenters. The van der Waals surface area contributed by atoms with E-state index in [4.69, 9.17) is 9.15 Å². The highest BCUT2D eigenvalue weighted by Gasteiger charge is 2.03. The summed E-state index contributed by atoms with van der Waals surface area (Å²) >= 11 is 0. The molecule has 2 N–H and O–H groups in total. The fourth-order valence-corrected chi connectivity index (χ4v) is 2.26. The number of ether oxygens (including phenoxy) is 1. The lowest BCUT2D eigenvalue weighted by molar-refractivity contribution is -0.119. The molecule has 0 aliphatic carbocycles. The third-order valence-corrected chi connectivity index (χ3v) is 3.59. The molecular formula is C19H26N2O3. The minimum atomic E-state index is -0.0858. The van der Waals surface area contributed by atoms with Crippen LogP contribution in [0.3, 0.4) is 0 Å². The molecule has 0 spiro atoms. The predicted molar refractivity (Wildman–Crippen MR) is 95.1 cm³/mol. The lowest BCUT2D eigenvalue weighted by Crippen LogP contribution is -2.29. The summed E-state index contributed by atoms with van der Waals surface area (Å²) in [5.74, 6) is 1.48. The summed E-state index contributed by atoms with van der Waals surface area (Å²) < 4.78 is 10.9. The van der Waals surface area contributed by atoms with Gasteiger partial charge in [-0.3, -0.25) is 4.79 Å². The van der Waals surface area contributed by atoms with E-state index in [1.165, 1.54) is 19.3 Å². The number of carbonyl (C=O) groups excluding carboxylic acids is 1. The van der Waals surface area contributed by atoms with Crippen molar-refractivity contribution in [3.63, 3.8) is 0 Å². The first kappa shape index (κ1) is 17.9. The molecule has 2 rings (SSSR count). The molecular weight excluding hydrogens is 304 g/mol. The highest BCUT2D eigenvalue weighted by Crippen LogP contribution is 2.17. The summed E-state index contributed by atoms with van der Waals surface area (Å²) in [6.45, 7) is 3.53. The van der Waals surface area contributed by atoms with Gasteiger partial charge in [-0.2, -0.15) is 0 Å². The van der Waals surface area contributed by atoms with Crippen LogP contribution in [0.25, 0.3) is 0 Å². The monoisotopic (exact) mass is 330 g/mol. The van der Waals surface area contributed by atoms with Crippen molar-refractivity contribution < 1.29 is 13.9 Å². The number of hydrogen-bond acceptors (Lipinski definition) is 4. The molecule has 1 aromatic carbocycles. The maximum Gasteiger partial charge on any atom is 0.239 e. The lowest BCUT2D eigenvalue weighted by atomic mass is 10.2. The minimum absolute atomic E-state index is 0.0858. The molecule has 1 aromatic heterocycles. The number of amides is 1. The van der Waals surface area contributed by atoms with Crippen LogP contribution in [0, 0.1) is 0 Å². The number of benzene rings is 1. The van der Waals surface area contributed by atoms with Crippen molar-refractivity contribution in [2.45, 2.75) is 39.2 Å². The number of carbonyl (C=O) groups is 1. The van der Waals surface area contributed by atoms with E-state index in [9.17, 15) is 4.79 Å². The second-order valence-electron chi connectivity index (χ2n) is 5.65. The van der Waals surface area contributed by atoms with Crippen LogP contribution in [0.15, 0.2) is 47.1 Å². The Morgan fingerprint density at radius 2 is 2.08 bits per heavy atom. The molecule has 130 valence electrons. The highest BCUT2D eigenvalue weighted by molar-refractivity contribution is 5.80. The molecule has 0 bridgehead atoms. The van der Waals surface area contributed by atoms with Crippen LogP contribution in [-0.4, -0.2) is 19.1 Å². The van der Waals surface area contributed by atoms with E-state index in [0.29, 0.717) is 6.54 Å².